The number of rotatable bonds is 2. The number of hydrogen-bond donors (Lipinski definition) is 0. The number of carbonyl (C=O) groups is 1. The average Bonchev–Trinajstić information content (AvgIpc) is 2.82. The van der Waals surface area contributed by atoms with Gasteiger partial charge in [0.05, 0.1) is 5.69 Å². The molecule has 2 aliphatic heterocycles. The maximum Gasteiger partial charge on any atom is 0.274 e. The number of hydrogen-bond acceptors (Lipinski definition) is 2. The van der Waals surface area contributed by atoms with E-state index in [0.717, 1.165) is 68.8 Å². The Morgan fingerprint density at radius 2 is 2.08 bits per heavy atom. The highest BCUT2D eigenvalue weighted by molar-refractivity contribution is 5.94. The normalized spacial score (nSPS) is 20.5. The van der Waals surface area contributed by atoms with E-state index in [4.69, 9.17) is 4.98 Å². The maximum atomic E-state index is 13.8. The lowest BCUT2D eigenvalue weighted by molar-refractivity contribution is 0.0676. The van der Waals surface area contributed by atoms with Crippen LogP contribution in [0.25, 0.3) is 11.4 Å². The van der Waals surface area contributed by atoms with Crippen molar-refractivity contribution in [3.63, 3.8) is 0 Å². The minimum atomic E-state index is -0.272. The van der Waals surface area contributed by atoms with Crippen LogP contribution in [0.15, 0.2) is 24.3 Å². The standard InChI is InChI=1S/C21H26FN3O/c1-15-7-6-11-24(14-15)21(26)19-18-10-3-2-4-12-25(18)20(23-19)16-8-5-9-17(22)13-16/h5,8-9,13,15H,2-4,6-7,10-12,14H2,1H3/t15-/m1/s1. The number of imidazole rings is 1. The molecule has 4 rings (SSSR count). The van der Waals surface area contributed by atoms with E-state index >= 15 is 0 Å². The van der Waals surface area contributed by atoms with E-state index in [2.05, 4.69) is 11.5 Å². The molecule has 0 aliphatic carbocycles. The number of likely N-dealkylation sites (tertiary alicyclic amines) is 1. The van der Waals surface area contributed by atoms with E-state index in [1.54, 1.807) is 6.07 Å². The summed E-state index contributed by atoms with van der Waals surface area (Å²) >= 11 is 0. The number of aromatic nitrogens is 2. The predicted molar refractivity (Wildman–Crippen MR) is 99.5 cm³/mol. The number of fused-ring (bicyclic) bond motifs is 1. The first-order valence-corrected chi connectivity index (χ1v) is 9.78. The molecule has 1 atom stereocenters. The zero-order valence-electron chi connectivity index (χ0n) is 15.4. The Labute approximate surface area is 154 Å². The van der Waals surface area contributed by atoms with Crippen LogP contribution < -0.4 is 0 Å². The van der Waals surface area contributed by atoms with Gasteiger partial charge in [-0.25, -0.2) is 9.37 Å². The van der Waals surface area contributed by atoms with Crippen molar-refractivity contribution in [1.29, 1.82) is 0 Å². The monoisotopic (exact) mass is 355 g/mol. The van der Waals surface area contributed by atoms with Gasteiger partial charge in [-0.05, 0) is 50.2 Å². The molecule has 3 heterocycles. The fraction of sp³-hybridized carbons (Fsp3) is 0.524. The van der Waals surface area contributed by atoms with Gasteiger partial charge in [-0.2, -0.15) is 0 Å². The van der Waals surface area contributed by atoms with Crippen molar-refractivity contribution in [1.82, 2.24) is 14.5 Å². The van der Waals surface area contributed by atoms with Gasteiger partial charge in [0.15, 0.2) is 0 Å². The summed E-state index contributed by atoms with van der Waals surface area (Å²) in [6, 6.07) is 6.53. The van der Waals surface area contributed by atoms with Gasteiger partial charge in [-0.1, -0.05) is 25.5 Å². The molecular formula is C21H26FN3O. The van der Waals surface area contributed by atoms with Crippen molar-refractivity contribution in [3.8, 4) is 11.4 Å². The van der Waals surface area contributed by atoms with Crippen molar-refractivity contribution in [2.45, 2.75) is 52.0 Å². The molecule has 1 aromatic heterocycles. The van der Waals surface area contributed by atoms with Gasteiger partial charge in [0.25, 0.3) is 5.91 Å². The van der Waals surface area contributed by atoms with Crippen LogP contribution in [0, 0.1) is 11.7 Å². The smallest absolute Gasteiger partial charge is 0.274 e. The second-order valence-corrected chi connectivity index (χ2v) is 7.70. The summed E-state index contributed by atoms with van der Waals surface area (Å²) in [6.07, 6.45) is 6.40. The molecule has 2 aromatic rings. The van der Waals surface area contributed by atoms with Gasteiger partial charge in [0, 0.05) is 25.2 Å². The second-order valence-electron chi connectivity index (χ2n) is 7.70. The van der Waals surface area contributed by atoms with E-state index in [1.165, 1.54) is 18.6 Å². The first kappa shape index (κ1) is 17.3. The molecule has 26 heavy (non-hydrogen) atoms. The van der Waals surface area contributed by atoms with Gasteiger partial charge in [0.2, 0.25) is 0 Å². The minimum absolute atomic E-state index is 0.0462. The lowest BCUT2D eigenvalue weighted by atomic mass is 10.00. The maximum absolute atomic E-state index is 13.8. The van der Waals surface area contributed by atoms with Crippen LogP contribution in [0.3, 0.4) is 0 Å². The van der Waals surface area contributed by atoms with Gasteiger partial charge in [-0.3, -0.25) is 4.79 Å². The Bertz CT molecular complexity index is 814. The van der Waals surface area contributed by atoms with Crippen molar-refractivity contribution < 1.29 is 9.18 Å². The molecule has 138 valence electrons. The summed E-state index contributed by atoms with van der Waals surface area (Å²) in [5.74, 6) is 1.04. The molecule has 0 bridgehead atoms. The van der Waals surface area contributed by atoms with Crippen LogP contribution >= 0.6 is 0 Å². The summed E-state index contributed by atoms with van der Waals surface area (Å²) in [4.78, 5) is 19.9. The molecule has 1 saturated heterocycles. The van der Waals surface area contributed by atoms with E-state index in [1.807, 2.05) is 11.0 Å². The molecule has 0 radical (unpaired) electrons. The SMILES string of the molecule is C[C@@H]1CCCN(C(=O)c2nc(-c3cccc(F)c3)n3c2CCCCC3)C1. The summed E-state index contributed by atoms with van der Waals surface area (Å²) < 4.78 is 15.9. The van der Waals surface area contributed by atoms with Crippen LogP contribution in [0.1, 0.15) is 55.2 Å². The molecule has 4 nitrogen and oxygen atoms in total. The van der Waals surface area contributed by atoms with Crippen LogP contribution in [0.5, 0.6) is 0 Å². The fourth-order valence-corrected chi connectivity index (χ4v) is 4.26. The van der Waals surface area contributed by atoms with Crippen LogP contribution in [-0.2, 0) is 13.0 Å². The van der Waals surface area contributed by atoms with E-state index < -0.39 is 0 Å². The number of piperidine rings is 1. The van der Waals surface area contributed by atoms with E-state index in [9.17, 15) is 9.18 Å². The summed E-state index contributed by atoms with van der Waals surface area (Å²) in [5, 5.41) is 0. The third-order valence-electron chi connectivity index (χ3n) is 5.60. The Morgan fingerprint density at radius 1 is 1.19 bits per heavy atom. The molecule has 1 amide bonds. The molecule has 0 unspecified atom stereocenters. The molecule has 0 N–H and O–H groups in total. The van der Waals surface area contributed by atoms with Crippen LogP contribution in [0.4, 0.5) is 4.39 Å². The molecule has 2 aliphatic rings. The number of benzene rings is 1. The molecule has 5 heteroatoms. The Hall–Kier alpha value is -2.17. The Balaban J connectivity index is 1.76. The van der Waals surface area contributed by atoms with Gasteiger partial charge < -0.3 is 9.47 Å². The Kier molecular flexibility index (Phi) is 4.79. The highest BCUT2D eigenvalue weighted by Gasteiger charge is 2.29. The van der Waals surface area contributed by atoms with Gasteiger partial charge >= 0.3 is 0 Å². The van der Waals surface area contributed by atoms with Crippen molar-refractivity contribution in [2.75, 3.05) is 13.1 Å². The number of halogens is 1. The van der Waals surface area contributed by atoms with E-state index in [-0.39, 0.29) is 11.7 Å². The third-order valence-corrected chi connectivity index (χ3v) is 5.60. The van der Waals surface area contributed by atoms with E-state index in [0.29, 0.717) is 11.6 Å². The highest BCUT2D eigenvalue weighted by Crippen LogP contribution is 2.29. The lowest BCUT2D eigenvalue weighted by Crippen LogP contribution is -2.39. The first-order valence-electron chi connectivity index (χ1n) is 9.78. The number of amides is 1. The molecule has 0 spiro atoms. The summed E-state index contributed by atoms with van der Waals surface area (Å²) in [5.41, 5.74) is 2.37. The first-order chi connectivity index (χ1) is 12.6. The minimum Gasteiger partial charge on any atom is -0.337 e. The third kappa shape index (κ3) is 3.27. The van der Waals surface area contributed by atoms with Gasteiger partial charge in [0.1, 0.15) is 17.3 Å². The van der Waals surface area contributed by atoms with Crippen molar-refractivity contribution >= 4 is 5.91 Å². The summed E-state index contributed by atoms with van der Waals surface area (Å²) in [6.45, 7) is 4.66. The number of carbonyl (C=O) groups excluding carboxylic acids is 1. The number of nitrogens with zero attached hydrogens (tertiary/aromatic N) is 3. The average molecular weight is 355 g/mol. The fourth-order valence-electron chi connectivity index (χ4n) is 4.26. The van der Waals surface area contributed by atoms with Crippen LogP contribution in [0.2, 0.25) is 0 Å². The molecular weight excluding hydrogens is 329 g/mol. The second kappa shape index (κ2) is 7.22. The molecule has 1 aromatic carbocycles. The van der Waals surface area contributed by atoms with Crippen molar-refractivity contribution in [2.24, 2.45) is 5.92 Å². The highest BCUT2D eigenvalue weighted by atomic mass is 19.1. The largest absolute Gasteiger partial charge is 0.337 e. The zero-order chi connectivity index (χ0) is 18.1. The molecule has 0 saturated carbocycles. The Morgan fingerprint density at radius 3 is 2.88 bits per heavy atom. The van der Waals surface area contributed by atoms with Gasteiger partial charge in [-0.15, -0.1) is 0 Å². The lowest BCUT2D eigenvalue weighted by Gasteiger charge is -2.30. The quantitative estimate of drug-likeness (QED) is 0.806. The topological polar surface area (TPSA) is 38.1 Å². The predicted octanol–water partition coefficient (Wildman–Crippen LogP) is 4.29. The molecule has 1 fully saturated rings. The van der Waals surface area contributed by atoms with Crippen molar-refractivity contribution in [3.05, 3.63) is 41.5 Å². The van der Waals surface area contributed by atoms with Crippen LogP contribution in [-0.4, -0.2) is 33.4 Å². The zero-order valence-corrected chi connectivity index (χ0v) is 15.4. The summed E-state index contributed by atoms with van der Waals surface area (Å²) in [7, 11) is 0.